The van der Waals surface area contributed by atoms with Crippen LogP contribution in [-0.2, 0) is 30.4 Å². The molecule has 2 aromatic carbocycles. The van der Waals surface area contributed by atoms with Crippen LogP contribution in [-0.4, -0.2) is 57.1 Å². The molecule has 0 aliphatic carbocycles. The molecule has 0 aliphatic heterocycles. The largest absolute Gasteiger partial charge is 0.534 e. The monoisotopic (exact) mass is 648 g/mol. The molecule has 0 saturated heterocycles. The van der Waals surface area contributed by atoms with Crippen LogP contribution >= 0.6 is 0 Å². The Morgan fingerprint density at radius 3 is 1.08 bits per heavy atom. The molecule has 0 heterocycles. The first-order valence-corrected chi connectivity index (χ1v) is 12.8. The zero-order valence-electron chi connectivity index (χ0n) is 17.6. The van der Waals surface area contributed by atoms with Crippen LogP contribution in [0.2, 0.25) is 0 Å². The van der Waals surface area contributed by atoms with Crippen LogP contribution in [0.25, 0.3) is 0 Å². The molecule has 0 aliphatic rings. The van der Waals surface area contributed by atoms with Gasteiger partial charge in [-0.3, -0.25) is 0 Å². The second-order valence-electron chi connectivity index (χ2n) is 6.18. The Morgan fingerprint density at radius 1 is 0.513 bits per heavy atom. The van der Waals surface area contributed by atoms with Crippen LogP contribution in [0.4, 0.5) is 39.5 Å². The second kappa shape index (κ2) is 10.9. The molecule has 0 aromatic heterocycles. The van der Waals surface area contributed by atoms with Crippen LogP contribution in [0, 0.1) is 0 Å². The number of phenols is 3. The maximum Gasteiger partial charge on any atom is 0.534 e. The number of aromatic hydroxyl groups is 3. The second-order valence-corrected chi connectivity index (χ2v) is 10.8. The molecule has 0 amide bonds. The molecule has 12 nitrogen and oxygen atoms in total. The summed E-state index contributed by atoms with van der Waals surface area (Å²) >= 11 is 0. The first-order valence-electron chi connectivity index (χ1n) is 8.58. The van der Waals surface area contributed by atoms with Crippen molar-refractivity contribution in [2.24, 2.45) is 0 Å². The van der Waals surface area contributed by atoms with Crippen molar-refractivity contribution in [2.45, 2.75) is 16.5 Å². The fourth-order valence-electron chi connectivity index (χ4n) is 1.72. The van der Waals surface area contributed by atoms with Gasteiger partial charge < -0.3 is 27.9 Å². The van der Waals surface area contributed by atoms with Crippen molar-refractivity contribution in [3.8, 4) is 34.5 Å². The third-order valence-electron chi connectivity index (χ3n) is 3.38. The average molecular weight is 648 g/mol. The lowest BCUT2D eigenvalue weighted by molar-refractivity contribution is -0.0517. The summed E-state index contributed by atoms with van der Waals surface area (Å²) in [6.07, 6.45) is 0. The average Bonchev–Trinajstić information content (AvgIpc) is 2.72. The molecule has 39 heavy (non-hydrogen) atoms. The van der Waals surface area contributed by atoms with E-state index in [4.69, 9.17) is 15.3 Å². The summed E-state index contributed by atoms with van der Waals surface area (Å²) in [4.78, 5) is 0. The van der Waals surface area contributed by atoms with Gasteiger partial charge in [0.15, 0.2) is 28.7 Å². The molecular formula is C15H9F9O12S3. The lowest BCUT2D eigenvalue weighted by atomic mass is 10.3. The number of benzene rings is 2. The van der Waals surface area contributed by atoms with E-state index in [9.17, 15) is 64.8 Å². The maximum atomic E-state index is 12.4. The third kappa shape index (κ3) is 8.22. The van der Waals surface area contributed by atoms with E-state index >= 15 is 0 Å². The minimum Gasteiger partial charge on any atom is -0.504 e. The lowest BCUT2D eigenvalue weighted by Crippen LogP contribution is -2.31. The highest BCUT2D eigenvalue weighted by Gasteiger charge is 2.53. The van der Waals surface area contributed by atoms with Gasteiger partial charge in [-0.15, -0.1) is 0 Å². The van der Waals surface area contributed by atoms with Crippen molar-refractivity contribution in [1.29, 1.82) is 0 Å². The van der Waals surface area contributed by atoms with Gasteiger partial charge in [-0.1, -0.05) is 12.1 Å². The molecule has 0 bridgehead atoms. The van der Waals surface area contributed by atoms with E-state index in [0.717, 1.165) is 0 Å². The number of halogens is 9. The molecule has 0 fully saturated rings. The number of phenolic OH excluding ortho intramolecular Hbond substituents is 3. The fourth-order valence-corrected chi connectivity index (χ4v) is 3.12. The zero-order valence-corrected chi connectivity index (χ0v) is 20.1. The summed E-state index contributed by atoms with van der Waals surface area (Å²) < 4.78 is 188. The molecule has 0 saturated carbocycles. The normalized spacial score (nSPS) is 13.2. The topological polar surface area (TPSA) is 191 Å². The van der Waals surface area contributed by atoms with E-state index < -0.39 is 69.9 Å². The predicted octanol–water partition coefficient (Wildman–Crippen LogP) is 3.18. The molecule has 2 aromatic rings. The van der Waals surface area contributed by atoms with Crippen molar-refractivity contribution >= 4 is 30.4 Å². The first-order chi connectivity index (χ1) is 17.2. The van der Waals surface area contributed by atoms with Crippen molar-refractivity contribution in [1.82, 2.24) is 0 Å². The molecule has 0 unspecified atom stereocenters. The summed E-state index contributed by atoms with van der Waals surface area (Å²) in [5.41, 5.74) is -18.8. The Kier molecular flexibility index (Phi) is 9.37. The molecule has 0 radical (unpaired) electrons. The minimum atomic E-state index is -6.89. The Morgan fingerprint density at radius 2 is 0.795 bits per heavy atom. The lowest BCUT2D eigenvalue weighted by Gasteiger charge is -2.17. The van der Waals surface area contributed by atoms with Gasteiger partial charge in [0, 0.05) is 0 Å². The van der Waals surface area contributed by atoms with Crippen molar-refractivity contribution in [3.63, 3.8) is 0 Å². The van der Waals surface area contributed by atoms with Crippen LogP contribution in [0.1, 0.15) is 0 Å². The maximum absolute atomic E-state index is 12.4. The van der Waals surface area contributed by atoms with E-state index in [-0.39, 0.29) is 29.7 Å². The highest BCUT2D eigenvalue weighted by Crippen LogP contribution is 2.44. The van der Waals surface area contributed by atoms with Gasteiger partial charge in [-0.2, -0.15) is 64.8 Å². The first kappa shape index (κ1) is 33.5. The summed E-state index contributed by atoms with van der Waals surface area (Å²) in [5.74, 6) is -7.69. The zero-order chi connectivity index (χ0) is 30.8. The molecule has 24 heteroatoms. The van der Waals surface area contributed by atoms with Gasteiger partial charge in [-0.05, 0) is 24.3 Å². The van der Waals surface area contributed by atoms with Gasteiger partial charge in [0.1, 0.15) is 0 Å². The Labute approximate surface area is 210 Å². The third-order valence-corrected chi connectivity index (χ3v) is 6.26. The van der Waals surface area contributed by atoms with Gasteiger partial charge >= 0.3 is 46.9 Å². The van der Waals surface area contributed by atoms with Crippen molar-refractivity contribution in [3.05, 3.63) is 36.4 Å². The van der Waals surface area contributed by atoms with Crippen LogP contribution < -0.4 is 12.5 Å². The summed E-state index contributed by atoms with van der Waals surface area (Å²) in [7, 11) is -20.4. The summed E-state index contributed by atoms with van der Waals surface area (Å²) in [6, 6.07) is 4.25. The molecule has 0 spiro atoms. The van der Waals surface area contributed by atoms with E-state index in [1.807, 2.05) is 0 Å². The van der Waals surface area contributed by atoms with Gasteiger partial charge in [0.2, 0.25) is 5.75 Å². The predicted molar refractivity (Wildman–Crippen MR) is 105 cm³/mol. The number of alkyl halides is 9. The number of hydrogen-bond donors (Lipinski definition) is 3. The molecule has 222 valence electrons. The Balaban J connectivity index is 0.000000708. The van der Waals surface area contributed by atoms with Crippen molar-refractivity contribution in [2.75, 3.05) is 0 Å². The van der Waals surface area contributed by atoms with Crippen LogP contribution in [0.3, 0.4) is 0 Å². The van der Waals surface area contributed by atoms with Crippen molar-refractivity contribution < 1.29 is 92.6 Å². The molecule has 2 rings (SSSR count). The molecule has 0 atom stereocenters. The van der Waals surface area contributed by atoms with Crippen LogP contribution in [0.15, 0.2) is 36.4 Å². The highest BCUT2D eigenvalue weighted by atomic mass is 32.2. The SMILES string of the molecule is O=S(=O)(Oc1cccc(OS(=O)(=O)C(F)(F)F)c1OS(=O)(=O)C(F)(F)F)C(F)(F)F.Oc1cccc(O)c1O. The Hall–Kier alpha value is -3.54. The van der Waals surface area contributed by atoms with Gasteiger partial charge in [-0.25, -0.2) is 0 Å². The summed E-state index contributed by atoms with van der Waals surface area (Å²) in [6.45, 7) is 0. The number of hydrogen-bond acceptors (Lipinski definition) is 12. The number of rotatable bonds is 6. The van der Waals surface area contributed by atoms with E-state index in [2.05, 4.69) is 12.5 Å². The molecular weight excluding hydrogens is 639 g/mol. The van der Waals surface area contributed by atoms with Crippen LogP contribution in [0.5, 0.6) is 34.5 Å². The standard InChI is InChI=1S/C9H3F9O9S3.C6H6O3/c10-7(11,12)28(19,20)25-4-2-1-3-5(26-29(21,22)8(13,14)15)6(4)27-30(23,24)9(16,17)18;7-4-2-1-3-5(8)6(4)9/h1-3H;1-3,7-9H. The summed E-state index contributed by atoms with van der Waals surface area (Å²) in [5, 5.41) is 26.1. The Bertz CT molecular complexity index is 1430. The van der Waals surface area contributed by atoms with Gasteiger partial charge in [0.25, 0.3) is 0 Å². The van der Waals surface area contributed by atoms with E-state index in [0.29, 0.717) is 0 Å². The van der Waals surface area contributed by atoms with E-state index in [1.165, 1.54) is 18.2 Å². The smallest absolute Gasteiger partial charge is 0.504 e. The minimum absolute atomic E-state index is 0.00240. The quantitative estimate of drug-likeness (QED) is 0.180. The van der Waals surface area contributed by atoms with E-state index in [1.54, 1.807) is 0 Å². The molecule has 3 N–H and O–H groups in total. The highest BCUT2D eigenvalue weighted by molar-refractivity contribution is 7.88. The fraction of sp³-hybridized carbons (Fsp3) is 0.200. The van der Waals surface area contributed by atoms with Gasteiger partial charge in [0.05, 0.1) is 0 Å². The number of para-hydroxylation sites is 2.